The maximum absolute atomic E-state index is 13.4. The Hall–Kier alpha value is -4.23. The molecular formula is C31H32N2O5. The van der Waals surface area contributed by atoms with E-state index in [4.69, 9.17) is 4.74 Å². The third-order valence-electron chi connectivity index (χ3n) is 6.27. The molecule has 4 aromatic rings. The van der Waals surface area contributed by atoms with E-state index in [-0.39, 0.29) is 23.6 Å². The minimum absolute atomic E-state index is 0.108. The fourth-order valence-electron chi connectivity index (χ4n) is 4.40. The lowest BCUT2D eigenvalue weighted by atomic mass is 9.98. The van der Waals surface area contributed by atoms with E-state index in [1.165, 1.54) is 0 Å². The van der Waals surface area contributed by atoms with Gasteiger partial charge in [0.05, 0.1) is 5.56 Å². The molecule has 3 aromatic carbocycles. The number of aromatic nitrogens is 2. The van der Waals surface area contributed by atoms with Crippen LogP contribution in [0.25, 0.3) is 11.1 Å². The highest BCUT2D eigenvalue weighted by Gasteiger charge is 2.32. The highest BCUT2D eigenvalue weighted by atomic mass is 16.5. The van der Waals surface area contributed by atoms with Gasteiger partial charge in [-0.3, -0.25) is 0 Å². The fourth-order valence-corrected chi connectivity index (χ4v) is 4.40. The number of carboxylic acid groups (broad SMARTS) is 1. The summed E-state index contributed by atoms with van der Waals surface area (Å²) >= 11 is 0. The lowest BCUT2D eigenvalue weighted by Crippen LogP contribution is -2.23. The van der Waals surface area contributed by atoms with E-state index in [1.54, 1.807) is 32.0 Å². The number of aliphatic hydroxyl groups is 1. The van der Waals surface area contributed by atoms with Crippen LogP contribution in [0.15, 0.2) is 78.9 Å². The number of aromatic carboxylic acids is 1. The Kier molecular flexibility index (Phi) is 8.08. The van der Waals surface area contributed by atoms with Crippen LogP contribution in [-0.2, 0) is 29.9 Å². The van der Waals surface area contributed by atoms with Crippen molar-refractivity contribution in [1.29, 1.82) is 0 Å². The maximum atomic E-state index is 13.4. The topological polar surface area (TPSA) is 102 Å². The van der Waals surface area contributed by atoms with Crippen LogP contribution in [0.5, 0.6) is 0 Å². The van der Waals surface area contributed by atoms with Crippen molar-refractivity contribution in [2.45, 2.75) is 52.4 Å². The van der Waals surface area contributed by atoms with Gasteiger partial charge < -0.3 is 19.5 Å². The summed E-state index contributed by atoms with van der Waals surface area (Å²) in [5.41, 5.74) is 2.58. The van der Waals surface area contributed by atoms with Gasteiger partial charge >= 0.3 is 11.9 Å². The number of carbonyl (C=O) groups excluding carboxylic acids is 1. The quantitative estimate of drug-likeness (QED) is 0.259. The second kappa shape index (κ2) is 11.4. The van der Waals surface area contributed by atoms with Gasteiger partial charge in [0.2, 0.25) is 0 Å². The predicted molar refractivity (Wildman–Crippen MR) is 145 cm³/mol. The van der Waals surface area contributed by atoms with Crippen LogP contribution in [-0.4, -0.2) is 31.7 Å². The number of aryl methyl sites for hydroxylation is 1. The van der Waals surface area contributed by atoms with Crippen molar-refractivity contribution in [1.82, 2.24) is 9.55 Å². The molecule has 4 rings (SSSR count). The first-order valence-electron chi connectivity index (χ1n) is 12.6. The van der Waals surface area contributed by atoms with Crippen molar-refractivity contribution < 1.29 is 24.5 Å². The van der Waals surface area contributed by atoms with Crippen LogP contribution < -0.4 is 0 Å². The van der Waals surface area contributed by atoms with E-state index < -0.39 is 17.5 Å². The van der Waals surface area contributed by atoms with Gasteiger partial charge in [-0.15, -0.1) is 0 Å². The van der Waals surface area contributed by atoms with E-state index >= 15 is 0 Å². The molecule has 1 aromatic heterocycles. The second-order valence-electron chi connectivity index (χ2n) is 9.73. The van der Waals surface area contributed by atoms with Crippen molar-refractivity contribution in [3.05, 3.63) is 113 Å². The molecule has 0 aliphatic carbocycles. The second-order valence-corrected chi connectivity index (χ2v) is 9.73. The number of ether oxygens (including phenoxy) is 1. The molecule has 2 N–H and O–H groups in total. The lowest BCUT2D eigenvalue weighted by Gasteiger charge is -2.18. The molecule has 0 aliphatic heterocycles. The van der Waals surface area contributed by atoms with E-state index in [9.17, 15) is 19.8 Å². The van der Waals surface area contributed by atoms with E-state index in [0.717, 1.165) is 23.1 Å². The summed E-state index contributed by atoms with van der Waals surface area (Å²) in [4.78, 5) is 29.7. The molecule has 0 unspecified atom stereocenters. The number of imidazole rings is 1. The number of benzene rings is 3. The number of rotatable bonds is 10. The maximum Gasteiger partial charge on any atom is 0.357 e. The van der Waals surface area contributed by atoms with E-state index in [0.29, 0.717) is 24.4 Å². The van der Waals surface area contributed by atoms with Crippen molar-refractivity contribution in [3.8, 4) is 11.1 Å². The predicted octanol–water partition coefficient (Wildman–Crippen LogP) is 5.83. The Labute approximate surface area is 222 Å². The monoisotopic (exact) mass is 512 g/mol. The van der Waals surface area contributed by atoms with Gasteiger partial charge in [0.1, 0.15) is 23.7 Å². The Bertz CT molecular complexity index is 1420. The molecule has 7 nitrogen and oxygen atoms in total. The highest BCUT2D eigenvalue weighted by molar-refractivity contribution is 5.96. The Morgan fingerprint density at radius 3 is 2.21 bits per heavy atom. The SMILES string of the molecule is CCCc1nc(C(C)(C)O)c(C(=O)OCc2ccccc2)n1Cc1ccc(-c2ccccc2C(=O)O)cc1. The van der Waals surface area contributed by atoms with Gasteiger partial charge in [-0.25, -0.2) is 14.6 Å². The third-order valence-corrected chi connectivity index (χ3v) is 6.27. The molecule has 0 amide bonds. The van der Waals surface area contributed by atoms with Crippen LogP contribution in [0.4, 0.5) is 0 Å². The van der Waals surface area contributed by atoms with E-state index in [1.807, 2.05) is 72.2 Å². The number of nitrogens with zero attached hydrogens (tertiary/aromatic N) is 2. The number of hydrogen-bond acceptors (Lipinski definition) is 5. The molecule has 0 fully saturated rings. The minimum Gasteiger partial charge on any atom is -0.478 e. The summed E-state index contributed by atoms with van der Waals surface area (Å²) in [6, 6.07) is 23.9. The van der Waals surface area contributed by atoms with Crippen molar-refractivity contribution in [2.75, 3.05) is 0 Å². The Balaban J connectivity index is 1.69. The van der Waals surface area contributed by atoms with Crippen LogP contribution >= 0.6 is 0 Å². The largest absolute Gasteiger partial charge is 0.478 e. The lowest BCUT2D eigenvalue weighted by molar-refractivity contribution is 0.0421. The van der Waals surface area contributed by atoms with Gasteiger partial charge in [0.15, 0.2) is 5.69 Å². The normalized spacial score (nSPS) is 11.4. The highest BCUT2D eigenvalue weighted by Crippen LogP contribution is 2.28. The van der Waals surface area contributed by atoms with E-state index in [2.05, 4.69) is 4.98 Å². The van der Waals surface area contributed by atoms with Crippen LogP contribution in [0.2, 0.25) is 0 Å². The standard InChI is InChI=1S/C31H32N2O5/c1-4-10-26-32-28(31(2,3)37)27(30(36)38-20-22-11-6-5-7-12-22)33(26)19-21-15-17-23(18-16-21)24-13-8-9-14-25(24)29(34)35/h5-9,11-18,37H,4,10,19-20H2,1-3H3,(H,34,35). The fraction of sp³-hybridized carbons (Fsp3) is 0.258. The summed E-state index contributed by atoms with van der Waals surface area (Å²) in [7, 11) is 0. The summed E-state index contributed by atoms with van der Waals surface area (Å²) in [5, 5.41) is 20.4. The molecule has 0 aliphatic rings. The molecule has 0 bridgehead atoms. The molecule has 0 saturated heterocycles. The third kappa shape index (κ3) is 6.01. The van der Waals surface area contributed by atoms with Gasteiger partial charge in [0, 0.05) is 13.0 Å². The molecule has 0 spiro atoms. The van der Waals surface area contributed by atoms with Crippen molar-refractivity contribution in [3.63, 3.8) is 0 Å². The Morgan fingerprint density at radius 2 is 1.58 bits per heavy atom. The summed E-state index contributed by atoms with van der Waals surface area (Å²) < 4.78 is 7.49. The zero-order chi connectivity index (χ0) is 27.3. The molecule has 0 saturated carbocycles. The molecule has 7 heteroatoms. The van der Waals surface area contributed by atoms with Gasteiger partial charge in [-0.1, -0.05) is 79.7 Å². The number of hydrogen-bond donors (Lipinski definition) is 2. The molecule has 196 valence electrons. The van der Waals surface area contributed by atoms with Crippen LogP contribution in [0.1, 0.15) is 70.7 Å². The van der Waals surface area contributed by atoms with Crippen molar-refractivity contribution in [2.24, 2.45) is 0 Å². The number of carbonyl (C=O) groups is 2. The molecule has 38 heavy (non-hydrogen) atoms. The first kappa shape index (κ1) is 26.8. The molecule has 0 radical (unpaired) electrons. The molecule has 0 atom stereocenters. The van der Waals surface area contributed by atoms with Gasteiger partial charge in [-0.2, -0.15) is 0 Å². The summed E-state index contributed by atoms with van der Waals surface area (Å²) in [6.07, 6.45) is 1.44. The number of carboxylic acids is 1. The smallest absolute Gasteiger partial charge is 0.357 e. The average Bonchev–Trinajstić information content (AvgIpc) is 3.27. The van der Waals surface area contributed by atoms with Crippen LogP contribution in [0.3, 0.4) is 0 Å². The molecular weight excluding hydrogens is 480 g/mol. The Morgan fingerprint density at radius 1 is 0.921 bits per heavy atom. The van der Waals surface area contributed by atoms with Crippen molar-refractivity contribution >= 4 is 11.9 Å². The zero-order valence-electron chi connectivity index (χ0n) is 21.8. The molecule has 1 heterocycles. The first-order chi connectivity index (χ1) is 18.2. The summed E-state index contributed by atoms with van der Waals surface area (Å²) in [6.45, 7) is 5.70. The minimum atomic E-state index is -1.35. The first-order valence-corrected chi connectivity index (χ1v) is 12.6. The van der Waals surface area contributed by atoms with Gasteiger partial charge in [-0.05, 0) is 48.6 Å². The van der Waals surface area contributed by atoms with Gasteiger partial charge in [0.25, 0.3) is 0 Å². The van der Waals surface area contributed by atoms with Crippen LogP contribution in [0, 0.1) is 0 Å². The zero-order valence-corrected chi connectivity index (χ0v) is 21.8. The number of esters is 1. The average molecular weight is 513 g/mol. The summed E-state index contributed by atoms with van der Waals surface area (Å²) in [5.74, 6) is -0.838.